The van der Waals surface area contributed by atoms with Crippen molar-refractivity contribution in [2.24, 2.45) is 16.8 Å². The van der Waals surface area contributed by atoms with Crippen LogP contribution in [-0.4, -0.2) is 51.7 Å². The van der Waals surface area contributed by atoms with Crippen molar-refractivity contribution in [1.82, 2.24) is 4.72 Å². The SMILES string of the molecule is CS(=O)(=O)CCS(=O)(=O)NC(C(N)=NO)C1CC1. The minimum absolute atomic E-state index is 0.00825. The van der Waals surface area contributed by atoms with Crippen LogP contribution in [0.3, 0.4) is 0 Å². The number of hydrogen-bond acceptors (Lipinski definition) is 6. The van der Waals surface area contributed by atoms with E-state index in [-0.39, 0.29) is 11.8 Å². The first-order valence-corrected chi connectivity index (χ1v) is 9.01. The number of hydrogen-bond donors (Lipinski definition) is 3. The lowest BCUT2D eigenvalue weighted by Crippen LogP contribution is -2.47. The van der Waals surface area contributed by atoms with Crippen molar-refractivity contribution in [3.05, 3.63) is 0 Å². The molecule has 8 nitrogen and oxygen atoms in total. The summed E-state index contributed by atoms with van der Waals surface area (Å²) in [6.07, 6.45) is 2.54. The van der Waals surface area contributed by atoms with E-state index < -0.39 is 37.4 Å². The molecule has 0 radical (unpaired) electrons. The molecule has 18 heavy (non-hydrogen) atoms. The van der Waals surface area contributed by atoms with Crippen LogP contribution >= 0.6 is 0 Å². The molecule has 1 aliphatic rings. The summed E-state index contributed by atoms with van der Waals surface area (Å²) in [5.41, 5.74) is 5.40. The Labute approximate surface area is 106 Å². The third kappa shape index (κ3) is 5.19. The quantitative estimate of drug-likeness (QED) is 0.226. The van der Waals surface area contributed by atoms with Crippen molar-refractivity contribution in [3.63, 3.8) is 0 Å². The molecule has 0 amide bonds. The number of oxime groups is 1. The van der Waals surface area contributed by atoms with Crippen LogP contribution in [0.5, 0.6) is 0 Å². The molecule has 1 saturated carbocycles. The fourth-order valence-electron chi connectivity index (χ4n) is 1.40. The van der Waals surface area contributed by atoms with Crippen molar-refractivity contribution in [1.29, 1.82) is 0 Å². The number of rotatable bonds is 7. The van der Waals surface area contributed by atoms with E-state index >= 15 is 0 Å². The first-order valence-electron chi connectivity index (χ1n) is 5.30. The number of sulfone groups is 1. The summed E-state index contributed by atoms with van der Waals surface area (Å²) in [6, 6.07) is -0.764. The Kier molecular flexibility index (Phi) is 4.56. The summed E-state index contributed by atoms with van der Waals surface area (Å²) >= 11 is 0. The van der Waals surface area contributed by atoms with Gasteiger partial charge in [0.05, 0.1) is 17.5 Å². The Morgan fingerprint density at radius 1 is 1.39 bits per heavy atom. The van der Waals surface area contributed by atoms with E-state index in [1.807, 2.05) is 0 Å². The zero-order valence-electron chi connectivity index (χ0n) is 9.90. The molecular formula is C8H17N3O5S2. The van der Waals surface area contributed by atoms with Gasteiger partial charge in [-0.2, -0.15) is 0 Å². The first kappa shape index (κ1) is 15.2. The zero-order valence-corrected chi connectivity index (χ0v) is 11.5. The Bertz CT molecular complexity index is 521. The topological polar surface area (TPSA) is 139 Å². The molecule has 0 aromatic rings. The maximum Gasteiger partial charge on any atom is 0.213 e. The summed E-state index contributed by atoms with van der Waals surface area (Å²) in [4.78, 5) is 0. The molecule has 1 atom stereocenters. The first-order chi connectivity index (χ1) is 8.14. The van der Waals surface area contributed by atoms with Gasteiger partial charge in [-0.25, -0.2) is 21.6 Å². The van der Waals surface area contributed by atoms with Crippen molar-refractivity contribution in [3.8, 4) is 0 Å². The minimum atomic E-state index is -3.78. The van der Waals surface area contributed by atoms with Crippen LogP contribution in [0.1, 0.15) is 12.8 Å². The van der Waals surface area contributed by atoms with E-state index in [1.165, 1.54) is 0 Å². The monoisotopic (exact) mass is 299 g/mol. The van der Waals surface area contributed by atoms with Crippen LogP contribution in [0.15, 0.2) is 5.16 Å². The maximum atomic E-state index is 11.7. The molecule has 4 N–H and O–H groups in total. The molecule has 106 valence electrons. The van der Waals surface area contributed by atoms with Gasteiger partial charge in [-0.3, -0.25) is 0 Å². The van der Waals surface area contributed by atoms with Gasteiger partial charge in [0.25, 0.3) is 0 Å². The van der Waals surface area contributed by atoms with Gasteiger partial charge in [-0.05, 0) is 18.8 Å². The van der Waals surface area contributed by atoms with E-state index in [4.69, 9.17) is 10.9 Å². The summed E-state index contributed by atoms with van der Waals surface area (Å²) in [6.45, 7) is 0. The van der Waals surface area contributed by atoms with E-state index in [2.05, 4.69) is 9.88 Å². The van der Waals surface area contributed by atoms with Crippen molar-refractivity contribution < 1.29 is 22.0 Å². The highest BCUT2D eigenvalue weighted by atomic mass is 32.2. The molecule has 0 aliphatic heterocycles. The van der Waals surface area contributed by atoms with Gasteiger partial charge < -0.3 is 10.9 Å². The van der Waals surface area contributed by atoms with E-state index in [1.54, 1.807) is 0 Å². The normalized spacial score (nSPS) is 19.7. The molecule has 1 fully saturated rings. The average Bonchev–Trinajstić information content (AvgIpc) is 3.05. The summed E-state index contributed by atoms with van der Waals surface area (Å²) < 4.78 is 47.5. The van der Waals surface area contributed by atoms with E-state index in [9.17, 15) is 16.8 Å². The molecular weight excluding hydrogens is 282 g/mol. The van der Waals surface area contributed by atoms with E-state index in [0.717, 1.165) is 19.1 Å². The van der Waals surface area contributed by atoms with Crippen LogP contribution in [0.2, 0.25) is 0 Å². The molecule has 1 aliphatic carbocycles. The number of amidine groups is 1. The van der Waals surface area contributed by atoms with Gasteiger partial charge >= 0.3 is 0 Å². The second-order valence-electron chi connectivity index (χ2n) is 4.41. The van der Waals surface area contributed by atoms with Crippen LogP contribution < -0.4 is 10.5 Å². The summed E-state index contributed by atoms with van der Waals surface area (Å²) in [5.74, 6) is -1.20. The predicted octanol–water partition coefficient (Wildman–Crippen LogP) is -1.52. The van der Waals surface area contributed by atoms with Crippen LogP contribution in [-0.2, 0) is 19.9 Å². The molecule has 0 aromatic carbocycles. The van der Waals surface area contributed by atoms with Crippen molar-refractivity contribution >= 4 is 25.7 Å². The van der Waals surface area contributed by atoms with Gasteiger partial charge in [0.2, 0.25) is 10.0 Å². The summed E-state index contributed by atoms with van der Waals surface area (Å²) in [5, 5.41) is 11.4. The molecule has 1 unspecified atom stereocenters. The maximum absolute atomic E-state index is 11.7. The standard InChI is InChI=1S/C8H17N3O5S2/c1-17(13,14)4-5-18(15,16)11-7(6-2-3-6)8(9)10-12/h6-7,11-12H,2-5H2,1H3,(H2,9,10). The fourth-order valence-corrected chi connectivity index (χ4v) is 4.31. The van der Waals surface area contributed by atoms with Gasteiger partial charge in [0.15, 0.2) is 5.84 Å². The van der Waals surface area contributed by atoms with Gasteiger partial charge in [-0.15, -0.1) is 0 Å². The van der Waals surface area contributed by atoms with Crippen LogP contribution in [0, 0.1) is 5.92 Å². The van der Waals surface area contributed by atoms with Crippen LogP contribution in [0.25, 0.3) is 0 Å². The van der Waals surface area contributed by atoms with Gasteiger partial charge in [0.1, 0.15) is 9.84 Å². The molecule has 0 aromatic heterocycles. The second-order valence-corrected chi connectivity index (χ2v) is 8.54. The van der Waals surface area contributed by atoms with Crippen molar-refractivity contribution in [2.75, 3.05) is 17.8 Å². The Morgan fingerprint density at radius 2 is 1.94 bits per heavy atom. The Hall–Kier alpha value is -0.870. The molecule has 0 saturated heterocycles. The lowest BCUT2D eigenvalue weighted by Gasteiger charge is -2.16. The minimum Gasteiger partial charge on any atom is -0.409 e. The second kappa shape index (κ2) is 5.41. The van der Waals surface area contributed by atoms with Gasteiger partial charge in [0, 0.05) is 6.26 Å². The third-order valence-electron chi connectivity index (χ3n) is 2.56. The van der Waals surface area contributed by atoms with Gasteiger partial charge in [-0.1, -0.05) is 5.16 Å². The number of sulfonamides is 1. The number of nitrogens with one attached hydrogen (secondary N) is 1. The molecule has 10 heteroatoms. The number of nitrogens with two attached hydrogens (primary N) is 1. The molecule has 1 rings (SSSR count). The molecule has 0 heterocycles. The number of nitrogens with zero attached hydrogens (tertiary/aromatic N) is 1. The largest absolute Gasteiger partial charge is 0.409 e. The highest BCUT2D eigenvalue weighted by molar-refractivity contribution is 7.93. The average molecular weight is 299 g/mol. The smallest absolute Gasteiger partial charge is 0.213 e. The van der Waals surface area contributed by atoms with Crippen molar-refractivity contribution in [2.45, 2.75) is 18.9 Å². The molecule has 0 bridgehead atoms. The lowest BCUT2D eigenvalue weighted by atomic mass is 10.2. The zero-order chi connectivity index (χ0) is 14.0. The molecule has 0 spiro atoms. The van der Waals surface area contributed by atoms with Crippen LogP contribution in [0.4, 0.5) is 0 Å². The fraction of sp³-hybridized carbons (Fsp3) is 0.875. The lowest BCUT2D eigenvalue weighted by molar-refractivity contribution is 0.314. The highest BCUT2D eigenvalue weighted by Gasteiger charge is 2.36. The Morgan fingerprint density at radius 3 is 2.33 bits per heavy atom. The Balaban J connectivity index is 2.68. The predicted molar refractivity (Wildman–Crippen MR) is 66.6 cm³/mol. The van der Waals surface area contributed by atoms with E-state index in [0.29, 0.717) is 0 Å². The summed E-state index contributed by atoms with van der Waals surface area (Å²) in [7, 11) is -7.13. The highest BCUT2D eigenvalue weighted by Crippen LogP contribution is 2.33. The third-order valence-corrected chi connectivity index (χ3v) is 5.12.